The Balaban J connectivity index is 2.01. The van der Waals surface area contributed by atoms with Gasteiger partial charge < -0.3 is 15.5 Å². The lowest BCUT2D eigenvalue weighted by Crippen LogP contribution is -2.47. The van der Waals surface area contributed by atoms with Gasteiger partial charge in [-0.25, -0.2) is 0 Å². The summed E-state index contributed by atoms with van der Waals surface area (Å²) >= 11 is 0. The highest BCUT2D eigenvalue weighted by molar-refractivity contribution is 5.83. The van der Waals surface area contributed by atoms with Gasteiger partial charge >= 0.3 is 0 Å². The molecular formula is C14H22N2O2. The lowest BCUT2D eigenvalue weighted by molar-refractivity contribution is -0.133. The van der Waals surface area contributed by atoms with Crippen LogP contribution >= 0.6 is 0 Å². The third-order valence-corrected chi connectivity index (χ3v) is 4.00. The maximum Gasteiger partial charge on any atom is 0.228 e. The van der Waals surface area contributed by atoms with Crippen LogP contribution in [0.1, 0.15) is 50.8 Å². The van der Waals surface area contributed by atoms with E-state index in [-0.39, 0.29) is 17.4 Å². The Morgan fingerprint density at radius 3 is 2.78 bits per heavy atom. The van der Waals surface area contributed by atoms with E-state index in [2.05, 4.69) is 5.32 Å². The van der Waals surface area contributed by atoms with Crippen molar-refractivity contribution in [3.63, 3.8) is 0 Å². The molecule has 4 heteroatoms. The van der Waals surface area contributed by atoms with Crippen molar-refractivity contribution in [3.05, 3.63) is 24.2 Å². The molecule has 100 valence electrons. The summed E-state index contributed by atoms with van der Waals surface area (Å²) in [4.78, 5) is 12.4. The SMILES string of the molecule is CC(NC(=O)C1(CN)CCCCC1)c1ccco1. The Hall–Kier alpha value is -1.29. The van der Waals surface area contributed by atoms with Gasteiger partial charge in [0.1, 0.15) is 5.76 Å². The van der Waals surface area contributed by atoms with Crippen LogP contribution in [0.3, 0.4) is 0 Å². The fourth-order valence-electron chi connectivity index (χ4n) is 2.71. The van der Waals surface area contributed by atoms with Gasteiger partial charge in [0, 0.05) is 6.54 Å². The zero-order chi connectivity index (χ0) is 13.0. The Morgan fingerprint density at radius 2 is 2.22 bits per heavy atom. The average Bonchev–Trinajstić information content (AvgIpc) is 2.93. The molecule has 0 aliphatic heterocycles. The number of nitrogens with two attached hydrogens (primary N) is 1. The second-order valence-electron chi connectivity index (χ2n) is 5.26. The second kappa shape index (κ2) is 5.57. The monoisotopic (exact) mass is 250 g/mol. The molecular weight excluding hydrogens is 228 g/mol. The number of hydrogen-bond donors (Lipinski definition) is 2. The number of hydrogen-bond acceptors (Lipinski definition) is 3. The minimum absolute atomic E-state index is 0.0774. The summed E-state index contributed by atoms with van der Waals surface area (Å²) < 4.78 is 5.30. The fourth-order valence-corrected chi connectivity index (χ4v) is 2.71. The Bertz CT molecular complexity index is 381. The largest absolute Gasteiger partial charge is 0.467 e. The molecule has 1 aromatic rings. The van der Waals surface area contributed by atoms with Crippen molar-refractivity contribution in [2.45, 2.75) is 45.1 Å². The van der Waals surface area contributed by atoms with Crippen molar-refractivity contribution in [3.8, 4) is 0 Å². The third-order valence-electron chi connectivity index (χ3n) is 4.00. The first-order valence-electron chi connectivity index (χ1n) is 6.72. The van der Waals surface area contributed by atoms with Gasteiger partial charge in [-0.05, 0) is 31.9 Å². The summed E-state index contributed by atoms with van der Waals surface area (Å²) in [5.74, 6) is 0.861. The molecule has 3 N–H and O–H groups in total. The van der Waals surface area contributed by atoms with Gasteiger partial charge in [-0.15, -0.1) is 0 Å². The summed E-state index contributed by atoms with van der Waals surface area (Å²) in [6.45, 7) is 2.37. The molecule has 1 saturated carbocycles. The molecule has 0 aromatic carbocycles. The van der Waals surface area contributed by atoms with Crippen molar-refractivity contribution in [1.29, 1.82) is 0 Å². The van der Waals surface area contributed by atoms with Crippen LogP contribution in [0.25, 0.3) is 0 Å². The minimum Gasteiger partial charge on any atom is -0.467 e. The number of carbonyl (C=O) groups excluding carboxylic acids is 1. The molecule has 0 bridgehead atoms. The predicted molar refractivity (Wildman–Crippen MR) is 69.8 cm³/mol. The molecule has 0 radical (unpaired) electrons. The zero-order valence-corrected chi connectivity index (χ0v) is 10.9. The van der Waals surface area contributed by atoms with E-state index in [9.17, 15) is 4.79 Å². The molecule has 1 atom stereocenters. The van der Waals surface area contributed by atoms with E-state index in [0.717, 1.165) is 31.4 Å². The molecule has 1 unspecified atom stereocenters. The van der Waals surface area contributed by atoms with E-state index in [1.807, 2.05) is 19.1 Å². The Morgan fingerprint density at radius 1 is 1.50 bits per heavy atom. The third kappa shape index (κ3) is 2.58. The molecule has 2 rings (SSSR count). The van der Waals surface area contributed by atoms with Crippen LogP contribution in [0.15, 0.2) is 22.8 Å². The molecule has 1 amide bonds. The van der Waals surface area contributed by atoms with Crippen LogP contribution in [0, 0.1) is 5.41 Å². The number of furan rings is 1. The van der Waals surface area contributed by atoms with Crippen LogP contribution in [-0.2, 0) is 4.79 Å². The van der Waals surface area contributed by atoms with E-state index >= 15 is 0 Å². The maximum absolute atomic E-state index is 12.4. The van der Waals surface area contributed by atoms with Crippen molar-refractivity contribution >= 4 is 5.91 Å². The standard InChI is InChI=1S/C14H22N2O2/c1-11(12-6-5-9-18-12)16-13(17)14(10-15)7-3-2-4-8-14/h5-6,9,11H,2-4,7-8,10,15H2,1H3,(H,16,17). The zero-order valence-electron chi connectivity index (χ0n) is 10.9. The Labute approximate surface area is 108 Å². The highest BCUT2D eigenvalue weighted by Crippen LogP contribution is 2.36. The lowest BCUT2D eigenvalue weighted by atomic mass is 9.73. The van der Waals surface area contributed by atoms with Gasteiger partial charge in [-0.1, -0.05) is 19.3 Å². The van der Waals surface area contributed by atoms with Gasteiger partial charge in [0.25, 0.3) is 0 Å². The summed E-state index contributed by atoms with van der Waals surface area (Å²) in [5, 5.41) is 3.03. The van der Waals surface area contributed by atoms with Crippen molar-refractivity contribution in [2.75, 3.05) is 6.54 Å². The van der Waals surface area contributed by atoms with Gasteiger partial charge in [0.2, 0.25) is 5.91 Å². The summed E-state index contributed by atoms with van der Waals surface area (Å²) in [7, 11) is 0. The van der Waals surface area contributed by atoms with Crippen LogP contribution in [0.4, 0.5) is 0 Å². The quantitative estimate of drug-likeness (QED) is 0.862. The van der Waals surface area contributed by atoms with Crippen LogP contribution in [0.5, 0.6) is 0 Å². The van der Waals surface area contributed by atoms with E-state index in [1.54, 1.807) is 6.26 Å². The van der Waals surface area contributed by atoms with Gasteiger partial charge in [-0.3, -0.25) is 4.79 Å². The second-order valence-corrected chi connectivity index (χ2v) is 5.26. The van der Waals surface area contributed by atoms with E-state index < -0.39 is 0 Å². The summed E-state index contributed by atoms with van der Waals surface area (Å²) in [6, 6.07) is 3.61. The number of carbonyl (C=O) groups is 1. The van der Waals surface area contributed by atoms with E-state index in [4.69, 9.17) is 10.2 Å². The Kier molecular flexibility index (Phi) is 4.07. The van der Waals surface area contributed by atoms with Crippen LogP contribution in [-0.4, -0.2) is 12.5 Å². The minimum atomic E-state index is -0.362. The molecule has 0 saturated heterocycles. The number of nitrogens with one attached hydrogen (secondary N) is 1. The molecule has 4 nitrogen and oxygen atoms in total. The number of amides is 1. The normalized spacial score (nSPS) is 20.3. The fraction of sp³-hybridized carbons (Fsp3) is 0.643. The molecule has 1 aromatic heterocycles. The first-order chi connectivity index (χ1) is 8.68. The first kappa shape index (κ1) is 13.1. The smallest absolute Gasteiger partial charge is 0.228 e. The predicted octanol–water partition coefficient (Wildman–Crippen LogP) is 2.37. The van der Waals surface area contributed by atoms with Crippen LogP contribution in [0.2, 0.25) is 0 Å². The summed E-state index contributed by atoms with van der Waals surface area (Å²) in [5.41, 5.74) is 5.49. The van der Waals surface area contributed by atoms with Gasteiger partial charge in [0.15, 0.2) is 0 Å². The van der Waals surface area contributed by atoms with Gasteiger partial charge in [-0.2, -0.15) is 0 Å². The molecule has 1 heterocycles. The molecule has 0 spiro atoms. The topological polar surface area (TPSA) is 68.3 Å². The molecule has 18 heavy (non-hydrogen) atoms. The van der Waals surface area contributed by atoms with Crippen LogP contribution < -0.4 is 11.1 Å². The molecule has 1 fully saturated rings. The molecule has 1 aliphatic carbocycles. The van der Waals surface area contributed by atoms with E-state index in [0.29, 0.717) is 6.54 Å². The average molecular weight is 250 g/mol. The highest BCUT2D eigenvalue weighted by atomic mass is 16.3. The lowest BCUT2D eigenvalue weighted by Gasteiger charge is -2.35. The van der Waals surface area contributed by atoms with Crippen molar-refractivity contribution in [2.24, 2.45) is 11.1 Å². The number of rotatable bonds is 4. The van der Waals surface area contributed by atoms with Crippen molar-refractivity contribution in [1.82, 2.24) is 5.32 Å². The van der Waals surface area contributed by atoms with E-state index in [1.165, 1.54) is 6.42 Å². The highest BCUT2D eigenvalue weighted by Gasteiger charge is 2.38. The molecule has 1 aliphatic rings. The summed E-state index contributed by atoms with van der Waals surface area (Å²) in [6.07, 6.45) is 6.83. The van der Waals surface area contributed by atoms with Gasteiger partial charge in [0.05, 0.1) is 17.7 Å². The van der Waals surface area contributed by atoms with Crippen molar-refractivity contribution < 1.29 is 9.21 Å². The maximum atomic E-state index is 12.4. The first-order valence-corrected chi connectivity index (χ1v) is 6.72.